The first kappa shape index (κ1) is 13.7. The fourth-order valence-electron chi connectivity index (χ4n) is 1.84. The minimum absolute atomic E-state index is 0.0170. The Hall–Kier alpha value is -1.69. The van der Waals surface area contributed by atoms with Gasteiger partial charge in [-0.15, -0.1) is 0 Å². The van der Waals surface area contributed by atoms with Crippen molar-refractivity contribution in [3.05, 3.63) is 18.2 Å². The smallest absolute Gasteiger partial charge is 0.319 e. The quantitative estimate of drug-likeness (QED) is 0.729. The molecule has 104 valence electrons. The van der Waals surface area contributed by atoms with Gasteiger partial charge in [0.25, 0.3) is 0 Å². The number of nitrogens with zero attached hydrogens (tertiary/aromatic N) is 2. The molecule has 0 radical (unpaired) electrons. The summed E-state index contributed by atoms with van der Waals surface area (Å²) in [6, 6.07) is -0.306. The van der Waals surface area contributed by atoms with Crippen molar-refractivity contribution in [2.45, 2.75) is 44.6 Å². The van der Waals surface area contributed by atoms with Crippen LogP contribution in [0.3, 0.4) is 0 Å². The second-order valence-electron chi connectivity index (χ2n) is 4.82. The summed E-state index contributed by atoms with van der Waals surface area (Å²) in [6.45, 7) is 2.03. The van der Waals surface area contributed by atoms with Crippen LogP contribution in [0.25, 0.3) is 0 Å². The lowest BCUT2D eigenvalue weighted by Gasteiger charge is -2.16. The van der Waals surface area contributed by atoms with Crippen molar-refractivity contribution in [2.75, 3.05) is 11.9 Å². The number of aromatic nitrogens is 2. The summed E-state index contributed by atoms with van der Waals surface area (Å²) in [7, 11) is 0. The van der Waals surface area contributed by atoms with E-state index in [0.717, 1.165) is 25.1 Å². The van der Waals surface area contributed by atoms with Gasteiger partial charge in [-0.05, 0) is 25.7 Å². The summed E-state index contributed by atoms with van der Waals surface area (Å²) in [5, 5.41) is 14.4. The topological polar surface area (TPSA) is 87.1 Å². The second-order valence-corrected chi connectivity index (χ2v) is 4.82. The molecule has 1 fully saturated rings. The van der Waals surface area contributed by atoms with Gasteiger partial charge in [-0.2, -0.15) is 0 Å². The highest BCUT2D eigenvalue weighted by Crippen LogP contribution is 2.37. The number of rotatable bonds is 6. The van der Waals surface area contributed by atoms with E-state index in [1.54, 1.807) is 12.4 Å². The number of hydrogen-bond donors (Lipinski definition) is 3. The van der Waals surface area contributed by atoms with Crippen molar-refractivity contribution >= 4 is 11.7 Å². The van der Waals surface area contributed by atoms with Gasteiger partial charge in [0.05, 0.1) is 18.1 Å². The SMILES string of the molecule is CCC(CCO)NC(=O)Nc1cnc(C2CC2)nc1. The maximum Gasteiger partial charge on any atom is 0.319 e. The highest BCUT2D eigenvalue weighted by molar-refractivity contribution is 5.89. The number of hydrogen-bond acceptors (Lipinski definition) is 4. The van der Waals surface area contributed by atoms with Gasteiger partial charge in [0.15, 0.2) is 0 Å². The summed E-state index contributed by atoms with van der Waals surface area (Å²) in [5.41, 5.74) is 0.584. The van der Waals surface area contributed by atoms with Crippen LogP contribution in [0, 0.1) is 0 Å². The highest BCUT2D eigenvalue weighted by Gasteiger charge is 2.26. The van der Waals surface area contributed by atoms with Crippen LogP contribution < -0.4 is 10.6 Å². The maximum absolute atomic E-state index is 11.7. The van der Waals surface area contributed by atoms with E-state index >= 15 is 0 Å². The first-order valence-corrected chi connectivity index (χ1v) is 6.73. The normalized spacial score (nSPS) is 15.9. The van der Waals surface area contributed by atoms with Crippen molar-refractivity contribution in [3.8, 4) is 0 Å². The van der Waals surface area contributed by atoms with Crippen LogP contribution >= 0.6 is 0 Å². The van der Waals surface area contributed by atoms with E-state index in [9.17, 15) is 4.79 Å². The van der Waals surface area contributed by atoms with Crippen LogP contribution in [-0.4, -0.2) is 33.8 Å². The minimum Gasteiger partial charge on any atom is -0.396 e. The maximum atomic E-state index is 11.7. The van der Waals surface area contributed by atoms with Crippen LogP contribution in [-0.2, 0) is 0 Å². The third-order valence-electron chi connectivity index (χ3n) is 3.18. The van der Waals surface area contributed by atoms with E-state index in [4.69, 9.17) is 5.11 Å². The predicted octanol–water partition coefficient (Wildman–Crippen LogP) is 1.64. The number of nitrogens with one attached hydrogen (secondary N) is 2. The summed E-state index contributed by atoms with van der Waals surface area (Å²) in [5.74, 6) is 1.37. The van der Waals surface area contributed by atoms with E-state index in [-0.39, 0.29) is 18.7 Å². The standard InChI is InChI=1S/C13H20N4O2/c1-2-10(5-6-18)16-13(19)17-11-7-14-12(15-8-11)9-3-4-9/h7-10,18H,2-6H2,1H3,(H2,16,17,19). The Labute approximate surface area is 112 Å². The van der Waals surface area contributed by atoms with Crippen LogP contribution in [0.5, 0.6) is 0 Å². The van der Waals surface area contributed by atoms with E-state index in [1.165, 1.54) is 0 Å². The van der Waals surface area contributed by atoms with Gasteiger partial charge in [-0.1, -0.05) is 6.92 Å². The molecular formula is C13H20N4O2. The number of amides is 2. The fourth-order valence-corrected chi connectivity index (χ4v) is 1.84. The molecule has 1 aromatic heterocycles. The van der Waals surface area contributed by atoms with Crippen LogP contribution in [0.2, 0.25) is 0 Å². The Balaban J connectivity index is 1.83. The molecule has 2 amide bonds. The lowest BCUT2D eigenvalue weighted by Crippen LogP contribution is -2.38. The van der Waals surface area contributed by atoms with E-state index in [2.05, 4.69) is 20.6 Å². The van der Waals surface area contributed by atoms with Crippen molar-refractivity contribution < 1.29 is 9.90 Å². The molecule has 6 heteroatoms. The molecule has 0 spiro atoms. The molecule has 0 aromatic carbocycles. The van der Waals surface area contributed by atoms with E-state index < -0.39 is 0 Å². The Morgan fingerprint density at radius 2 is 2.16 bits per heavy atom. The highest BCUT2D eigenvalue weighted by atomic mass is 16.3. The van der Waals surface area contributed by atoms with E-state index in [0.29, 0.717) is 18.0 Å². The molecule has 1 aromatic rings. The molecule has 19 heavy (non-hydrogen) atoms. The number of carbonyl (C=O) groups is 1. The zero-order valence-corrected chi connectivity index (χ0v) is 11.1. The molecule has 3 N–H and O–H groups in total. The Morgan fingerprint density at radius 1 is 1.47 bits per heavy atom. The number of aliphatic hydroxyl groups excluding tert-OH is 1. The molecule has 0 bridgehead atoms. The van der Waals surface area contributed by atoms with Crippen molar-refractivity contribution in [1.29, 1.82) is 0 Å². The van der Waals surface area contributed by atoms with Gasteiger partial charge in [0.2, 0.25) is 0 Å². The Morgan fingerprint density at radius 3 is 2.68 bits per heavy atom. The minimum atomic E-state index is -0.289. The molecule has 1 unspecified atom stereocenters. The summed E-state index contributed by atoms with van der Waals surface area (Å²) < 4.78 is 0. The molecule has 6 nitrogen and oxygen atoms in total. The Bertz CT molecular complexity index is 417. The van der Waals surface area contributed by atoms with Crippen molar-refractivity contribution in [2.24, 2.45) is 0 Å². The van der Waals surface area contributed by atoms with Crippen LogP contribution in [0.15, 0.2) is 12.4 Å². The molecule has 0 aliphatic heterocycles. The van der Waals surface area contributed by atoms with Gasteiger partial charge in [-0.25, -0.2) is 14.8 Å². The van der Waals surface area contributed by atoms with Crippen LogP contribution in [0.1, 0.15) is 44.3 Å². The molecular weight excluding hydrogens is 244 g/mol. The molecule has 0 saturated heterocycles. The average molecular weight is 264 g/mol. The molecule has 1 heterocycles. The molecule has 1 aliphatic rings. The lowest BCUT2D eigenvalue weighted by atomic mass is 10.2. The average Bonchev–Trinajstić information content (AvgIpc) is 3.23. The van der Waals surface area contributed by atoms with Gasteiger partial charge in [-0.3, -0.25) is 0 Å². The number of aliphatic hydroxyl groups is 1. The summed E-state index contributed by atoms with van der Waals surface area (Å²) in [6.07, 6.45) is 6.92. The van der Waals surface area contributed by atoms with Gasteiger partial charge in [0, 0.05) is 18.6 Å². The zero-order valence-electron chi connectivity index (χ0n) is 11.1. The van der Waals surface area contributed by atoms with Crippen LogP contribution in [0.4, 0.5) is 10.5 Å². The summed E-state index contributed by atoms with van der Waals surface area (Å²) >= 11 is 0. The fraction of sp³-hybridized carbons (Fsp3) is 0.615. The van der Waals surface area contributed by atoms with Gasteiger partial charge in [0.1, 0.15) is 5.82 Å². The molecule has 1 saturated carbocycles. The largest absolute Gasteiger partial charge is 0.396 e. The number of carbonyl (C=O) groups excluding carboxylic acids is 1. The monoisotopic (exact) mass is 264 g/mol. The molecule has 1 aliphatic carbocycles. The Kier molecular flexibility index (Phi) is 4.68. The third kappa shape index (κ3) is 4.17. The zero-order chi connectivity index (χ0) is 13.7. The first-order chi connectivity index (χ1) is 9.22. The predicted molar refractivity (Wildman–Crippen MR) is 71.9 cm³/mol. The molecule has 1 atom stereocenters. The van der Waals surface area contributed by atoms with Crippen molar-refractivity contribution in [3.63, 3.8) is 0 Å². The number of urea groups is 1. The lowest BCUT2D eigenvalue weighted by molar-refractivity contribution is 0.237. The van der Waals surface area contributed by atoms with Gasteiger partial charge >= 0.3 is 6.03 Å². The van der Waals surface area contributed by atoms with E-state index in [1.807, 2.05) is 6.92 Å². The van der Waals surface area contributed by atoms with Gasteiger partial charge < -0.3 is 15.7 Å². The summed E-state index contributed by atoms with van der Waals surface area (Å²) in [4.78, 5) is 20.2. The number of anilines is 1. The molecule has 2 rings (SSSR count). The second kappa shape index (κ2) is 6.47. The van der Waals surface area contributed by atoms with Crippen molar-refractivity contribution in [1.82, 2.24) is 15.3 Å². The third-order valence-corrected chi connectivity index (χ3v) is 3.18. The first-order valence-electron chi connectivity index (χ1n) is 6.73.